The molecule has 0 aliphatic carbocycles. The minimum Gasteiger partial charge on any atom is -0.256 e. The van der Waals surface area contributed by atoms with Crippen molar-refractivity contribution in [2.24, 2.45) is 9.98 Å². The third-order valence-corrected chi connectivity index (χ3v) is 4.02. The summed E-state index contributed by atoms with van der Waals surface area (Å²) in [5.74, 6) is -21.6. The van der Waals surface area contributed by atoms with Gasteiger partial charge in [-0.2, -0.15) is 0 Å². The molecule has 3 aromatic rings. The molecule has 0 saturated heterocycles. The lowest BCUT2D eigenvalue weighted by molar-refractivity contribution is 0.377. The summed E-state index contributed by atoms with van der Waals surface area (Å²) in [6, 6.07) is 4.53. The number of hydrogen-bond donors (Lipinski definition) is 0. The molecule has 0 amide bonds. The smallest absolute Gasteiger partial charge is 0.200 e. The molecule has 3 aromatic carbocycles. The normalized spacial score (nSPS) is 11.8. The Morgan fingerprint density at radius 1 is 0.375 bits per heavy atom. The van der Waals surface area contributed by atoms with Gasteiger partial charge in [-0.3, -0.25) is 9.98 Å². The van der Waals surface area contributed by atoms with Gasteiger partial charge in [0.05, 0.1) is 22.5 Å². The molecule has 0 N–H and O–H groups in total. The minimum absolute atomic E-state index is 0.0517. The Balaban J connectivity index is 1.86. The van der Waals surface area contributed by atoms with Crippen LogP contribution in [0.4, 0.5) is 55.3 Å². The van der Waals surface area contributed by atoms with Crippen LogP contribution in [0.15, 0.2) is 34.3 Å². The third kappa shape index (κ3) is 4.07. The van der Waals surface area contributed by atoms with E-state index in [4.69, 9.17) is 0 Å². The van der Waals surface area contributed by atoms with E-state index in [0.717, 1.165) is 24.3 Å². The molecule has 166 valence electrons. The lowest BCUT2D eigenvalue weighted by Crippen LogP contribution is -2.06. The van der Waals surface area contributed by atoms with Crippen molar-refractivity contribution in [3.63, 3.8) is 0 Å². The fourth-order valence-corrected chi connectivity index (χ4v) is 2.37. The second-order valence-electron chi connectivity index (χ2n) is 6.00. The van der Waals surface area contributed by atoms with Gasteiger partial charge in [-0.15, -0.1) is 0 Å². The number of aliphatic imine (C=N–C) groups is 2. The molecule has 0 saturated carbocycles. The lowest BCUT2D eigenvalue weighted by Gasteiger charge is -2.04. The van der Waals surface area contributed by atoms with E-state index in [2.05, 4.69) is 9.98 Å². The van der Waals surface area contributed by atoms with Crippen molar-refractivity contribution in [1.82, 2.24) is 0 Å². The Hall–Kier alpha value is -3.70. The van der Waals surface area contributed by atoms with Crippen molar-refractivity contribution >= 4 is 23.8 Å². The van der Waals surface area contributed by atoms with Crippen molar-refractivity contribution in [3.05, 3.63) is 93.6 Å². The molecular weight excluding hydrogens is 458 g/mol. The zero-order chi connectivity index (χ0) is 23.7. The number of hydrogen-bond acceptors (Lipinski definition) is 2. The highest BCUT2D eigenvalue weighted by Crippen LogP contribution is 2.25. The highest BCUT2D eigenvalue weighted by atomic mass is 19.2. The summed E-state index contributed by atoms with van der Waals surface area (Å²) in [5.41, 5.74) is -2.67. The standard InChI is InChI=1S/C20H6F10N2/c21-11-9(12(22)16(26)19(29)15(11)25)5-31-7-1-2-8(4-3-7)32-6-10-13(23)17(27)20(30)18(28)14(10)24/h1-6H. The molecule has 0 fully saturated rings. The van der Waals surface area contributed by atoms with E-state index >= 15 is 0 Å². The highest BCUT2D eigenvalue weighted by molar-refractivity contribution is 5.84. The molecule has 0 heterocycles. The number of nitrogens with zero attached hydrogens (tertiary/aromatic N) is 2. The molecule has 0 atom stereocenters. The van der Waals surface area contributed by atoms with Crippen molar-refractivity contribution in [3.8, 4) is 0 Å². The third-order valence-electron chi connectivity index (χ3n) is 4.02. The monoisotopic (exact) mass is 464 g/mol. The first kappa shape index (κ1) is 23.0. The first-order chi connectivity index (χ1) is 15.0. The summed E-state index contributed by atoms with van der Waals surface area (Å²) in [6.45, 7) is 0. The summed E-state index contributed by atoms with van der Waals surface area (Å²) in [7, 11) is 0. The van der Waals surface area contributed by atoms with Gasteiger partial charge in [-0.1, -0.05) is 0 Å². The minimum atomic E-state index is -2.33. The van der Waals surface area contributed by atoms with Crippen LogP contribution >= 0.6 is 0 Å². The van der Waals surface area contributed by atoms with Crippen LogP contribution in [-0.4, -0.2) is 12.4 Å². The van der Waals surface area contributed by atoms with Crippen LogP contribution in [0.5, 0.6) is 0 Å². The molecule has 0 radical (unpaired) electrons. The van der Waals surface area contributed by atoms with E-state index in [0.29, 0.717) is 12.4 Å². The topological polar surface area (TPSA) is 24.7 Å². The Morgan fingerprint density at radius 2 is 0.594 bits per heavy atom. The van der Waals surface area contributed by atoms with Crippen molar-refractivity contribution < 1.29 is 43.9 Å². The largest absolute Gasteiger partial charge is 0.256 e. The maximum atomic E-state index is 13.6. The van der Waals surface area contributed by atoms with Gasteiger partial charge < -0.3 is 0 Å². The maximum Gasteiger partial charge on any atom is 0.200 e. The van der Waals surface area contributed by atoms with Gasteiger partial charge in [0.15, 0.2) is 46.5 Å². The van der Waals surface area contributed by atoms with Crippen LogP contribution in [0.2, 0.25) is 0 Å². The molecular formula is C20H6F10N2. The van der Waals surface area contributed by atoms with E-state index < -0.39 is 69.3 Å². The maximum absolute atomic E-state index is 13.6. The van der Waals surface area contributed by atoms with Gasteiger partial charge in [0.2, 0.25) is 11.6 Å². The van der Waals surface area contributed by atoms with Crippen molar-refractivity contribution in [1.29, 1.82) is 0 Å². The number of benzene rings is 3. The second kappa shape index (κ2) is 8.81. The van der Waals surface area contributed by atoms with Crippen LogP contribution in [-0.2, 0) is 0 Å². The zero-order valence-corrected chi connectivity index (χ0v) is 15.1. The summed E-state index contributed by atoms with van der Waals surface area (Å²) >= 11 is 0. The van der Waals surface area contributed by atoms with Crippen LogP contribution in [0, 0.1) is 58.2 Å². The molecule has 0 aliphatic rings. The van der Waals surface area contributed by atoms with Crippen LogP contribution < -0.4 is 0 Å². The highest BCUT2D eigenvalue weighted by Gasteiger charge is 2.25. The summed E-state index contributed by atoms with van der Waals surface area (Å²) in [4.78, 5) is 7.11. The molecule has 0 spiro atoms. The van der Waals surface area contributed by atoms with Gasteiger partial charge in [0.1, 0.15) is 0 Å². The quantitative estimate of drug-likeness (QED) is 0.180. The molecule has 3 rings (SSSR count). The van der Waals surface area contributed by atoms with Crippen LogP contribution in [0.1, 0.15) is 11.1 Å². The van der Waals surface area contributed by atoms with Crippen molar-refractivity contribution in [2.45, 2.75) is 0 Å². The SMILES string of the molecule is Fc1c(F)c(F)c(C=Nc2ccc(N=Cc3c(F)c(F)c(F)c(F)c3F)cc2)c(F)c1F. The Kier molecular flexibility index (Phi) is 6.32. The van der Waals surface area contributed by atoms with Crippen LogP contribution in [0.25, 0.3) is 0 Å². The van der Waals surface area contributed by atoms with E-state index in [1.165, 1.54) is 0 Å². The van der Waals surface area contributed by atoms with E-state index in [-0.39, 0.29) is 11.4 Å². The number of halogens is 10. The Bertz CT molecular complexity index is 1110. The molecule has 12 heteroatoms. The first-order valence-corrected chi connectivity index (χ1v) is 8.25. The summed E-state index contributed by atoms with van der Waals surface area (Å²) in [6.07, 6.45) is 0.784. The predicted molar refractivity (Wildman–Crippen MR) is 93.4 cm³/mol. The molecule has 0 aliphatic heterocycles. The average molecular weight is 464 g/mol. The number of rotatable bonds is 4. The molecule has 0 bridgehead atoms. The fraction of sp³-hybridized carbons (Fsp3) is 0. The fourth-order valence-electron chi connectivity index (χ4n) is 2.37. The van der Waals surface area contributed by atoms with E-state index in [9.17, 15) is 43.9 Å². The Morgan fingerprint density at radius 3 is 0.844 bits per heavy atom. The molecule has 0 unspecified atom stereocenters. The molecule has 2 nitrogen and oxygen atoms in total. The zero-order valence-electron chi connectivity index (χ0n) is 15.1. The van der Waals surface area contributed by atoms with Gasteiger partial charge in [-0.25, -0.2) is 43.9 Å². The molecule has 0 aromatic heterocycles. The van der Waals surface area contributed by atoms with Gasteiger partial charge in [0.25, 0.3) is 0 Å². The lowest BCUT2D eigenvalue weighted by atomic mass is 10.2. The van der Waals surface area contributed by atoms with Gasteiger partial charge in [0, 0.05) is 12.4 Å². The second-order valence-corrected chi connectivity index (χ2v) is 6.00. The summed E-state index contributed by atoms with van der Waals surface area (Å²) in [5, 5.41) is 0. The summed E-state index contributed by atoms with van der Waals surface area (Å²) < 4.78 is 133. The first-order valence-electron chi connectivity index (χ1n) is 8.25. The Labute approximate surface area is 172 Å². The van der Waals surface area contributed by atoms with Crippen molar-refractivity contribution in [2.75, 3.05) is 0 Å². The van der Waals surface area contributed by atoms with E-state index in [1.807, 2.05) is 0 Å². The van der Waals surface area contributed by atoms with Crippen LogP contribution in [0.3, 0.4) is 0 Å². The van der Waals surface area contributed by atoms with Gasteiger partial charge in [-0.05, 0) is 24.3 Å². The van der Waals surface area contributed by atoms with E-state index in [1.54, 1.807) is 0 Å². The average Bonchev–Trinajstić information content (AvgIpc) is 2.79. The van der Waals surface area contributed by atoms with Gasteiger partial charge >= 0.3 is 0 Å². The molecule has 32 heavy (non-hydrogen) atoms. The predicted octanol–water partition coefficient (Wildman–Crippen LogP) is 6.58.